The number of anilines is 1. The Morgan fingerprint density at radius 2 is 1.69 bits per heavy atom. The van der Waals surface area contributed by atoms with E-state index in [-0.39, 0.29) is 6.61 Å². The first-order valence-electron chi connectivity index (χ1n) is 10.5. The lowest BCUT2D eigenvalue weighted by Gasteiger charge is -2.13. The molecule has 0 saturated carbocycles. The second-order valence-corrected chi connectivity index (χ2v) is 8.09. The standard InChI is InChI=1S/C25H21Cl2F2N3O3/c1-2-4-22(18-12-9-16(26)13-19(18)27)32-35-14-15-7-10-17(11-8-15)30-25(34)31-24(33)23-20(28)5-3-6-21(23)29/h3-13,32H,2,14H2,1H3,(H2,30,31,33,34). The summed E-state index contributed by atoms with van der Waals surface area (Å²) in [6.07, 6.45) is 2.67. The largest absolute Gasteiger partial charge is 0.326 e. The van der Waals surface area contributed by atoms with Crippen molar-refractivity contribution in [3.63, 3.8) is 0 Å². The lowest BCUT2D eigenvalue weighted by molar-refractivity contribution is 0.0645. The molecule has 0 aliphatic carbocycles. The number of amides is 3. The normalized spacial score (nSPS) is 11.2. The summed E-state index contributed by atoms with van der Waals surface area (Å²) in [4.78, 5) is 29.6. The van der Waals surface area contributed by atoms with Gasteiger partial charge in [0.1, 0.15) is 17.2 Å². The van der Waals surface area contributed by atoms with Gasteiger partial charge in [-0.25, -0.2) is 13.6 Å². The van der Waals surface area contributed by atoms with Gasteiger partial charge in [-0.1, -0.05) is 54.4 Å². The third-order valence-corrected chi connectivity index (χ3v) is 5.23. The highest BCUT2D eigenvalue weighted by molar-refractivity contribution is 6.35. The molecule has 0 atom stereocenters. The van der Waals surface area contributed by atoms with Crippen LogP contribution >= 0.6 is 23.2 Å². The molecule has 0 heterocycles. The first-order valence-corrected chi connectivity index (χ1v) is 11.2. The molecule has 0 aliphatic heterocycles. The van der Waals surface area contributed by atoms with Crippen molar-refractivity contribution in [3.05, 3.63) is 105 Å². The number of urea groups is 1. The highest BCUT2D eigenvalue weighted by atomic mass is 35.5. The highest BCUT2D eigenvalue weighted by Gasteiger charge is 2.19. The van der Waals surface area contributed by atoms with Crippen LogP contribution in [-0.4, -0.2) is 11.9 Å². The van der Waals surface area contributed by atoms with Crippen LogP contribution < -0.4 is 16.1 Å². The van der Waals surface area contributed by atoms with Gasteiger partial charge in [-0.3, -0.25) is 20.4 Å². The van der Waals surface area contributed by atoms with Gasteiger partial charge in [-0.15, -0.1) is 0 Å². The third-order valence-electron chi connectivity index (χ3n) is 4.68. The second kappa shape index (κ2) is 12.3. The van der Waals surface area contributed by atoms with Crippen molar-refractivity contribution in [2.45, 2.75) is 20.0 Å². The quantitative estimate of drug-likeness (QED) is 0.289. The molecule has 3 aromatic carbocycles. The van der Waals surface area contributed by atoms with E-state index in [1.165, 1.54) is 0 Å². The topological polar surface area (TPSA) is 79.5 Å². The van der Waals surface area contributed by atoms with Crippen molar-refractivity contribution < 1.29 is 23.2 Å². The van der Waals surface area contributed by atoms with E-state index in [4.69, 9.17) is 28.0 Å². The van der Waals surface area contributed by atoms with E-state index in [0.717, 1.165) is 35.7 Å². The van der Waals surface area contributed by atoms with Crippen molar-refractivity contribution in [3.8, 4) is 0 Å². The Bertz CT molecular complexity index is 1230. The number of nitrogens with one attached hydrogen (secondary N) is 3. The number of carbonyl (C=O) groups excluding carboxylic acids is 2. The predicted molar refractivity (Wildman–Crippen MR) is 132 cm³/mol. The molecule has 3 rings (SSSR count). The summed E-state index contributed by atoms with van der Waals surface area (Å²) in [6.45, 7) is 2.18. The van der Waals surface area contributed by atoms with E-state index < -0.39 is 29.1 Å². The number of rotatable bonds is 8. The maximum Gasteiger partial charge on any atom is 0.326 e. The molecule has 35 heavy (non-hydrogen) atoms. The van der Waals surface area contributed by atoms with Crippen LogP contribution in [0, 0.1) is 11.6 Å². The average molecular weight is 520 g/mol. The SMILES string of the molecule is CCC=C(NOCc1ccc(NC(=O)NC(=O)c2c(F)cccc2F)cc1)c1ccc(Cl)cc1Cl. The molecule has 0 spiro atoms. The van der Waals surface area contributed by atoms with Crippen LogP contribution in [0.2, 0.25) is 10.0 Å². The van der Waals surface area contributed by atoms with Crippen molar-refractivity contribution in [1.82, 2.24) is 10.8 Å². The number of carbonyl (C=O) groups is 2. The van der Waals surface area contributed by atoms with E-state index in [2.05, 4.69) is 10.8 Å². The molecule has 0 fully saturated rings. The fourth-order valence-electron chi connectivity index (χ4n) is 3.04. The van der Waals surface area contributed by atoms with Crippen LogP contribution in [0.4, 0.5) is 19.3 Å². The van der Waals surface area contributed by atoms with Gasteiger partial charge in [0.15, 0.2) is 0 Å². The minimum atomic E-state index is -1.19. The number of halogens is 4. The minimum Gasteiger partial charge on any atom is -0.308 e. The molecule has 0 aliphatic rings. The van der Waals surface area contributed by atoms with E-state index in [9.17, 15) is 18.4 Å². The van der Waals surface area contributed by atoms with Crippen LogP contribution in [0.15, 0.2) is 66.7 Å². The summed E-state index contributed by atoms with van der Waals surface area (Å²) < 4.78 is 27.4. The number of benzene rings is 3. The van der Waals surface area contributed by atoms with Crippen molar-refractivity contribution in [2.24, 2.45) is 0 Å². The van der Waals surface area contributed by atoms with E-state index in [0.29, 0.717) is 21.4 Å². The summed E-state index contributed by atoms with van der Waals surface area (Å²) >= 11 is 12.2. The van der Waals surface area contributed by atoms with Crippen LogP contribution in [0.3, 0.4) is 0 Å². The molecular formula is C25H21Cl2F2N3O3. The van der Waals surface area contributed by atoms with Gasteiger partial charge in [-0.2, -0.15) is 0 Å². The van der Waals surface area contributed by atoms with Gasteiger partial charge in [0.2, 0.25) is 0 Å². The summed E-state index contributed by atoms with van der Waals surface area (Å²) in [5.41, 5.74) is 4.64. The molecule has 6 nitrogen and oxygen atoms in total. The Labute approximate surface area is 210 Å². The van der Waals surface area contributed by atoms with Crippen LogP contribution in [0.25, 0.3) is 5.70 Å². The molecule has 0 bridgehead atoms. The predicted octanol–water partition coefficient (Wildman–Crippen LogP) is 6.71. The van der Waals surface area contributed by atoms with Crippen molar-refractivity contribution >= 4 is 46.5 Å². The first kappa shape index (κ1) is 26.2. The average Bonchev–Trinajstić information content (AvgIpc) is 2.79. The molecule has 3 aromatic rings. The van der Waals surface area contributed by atoms with E-state index in [1.54, 1.807) is 42.5 Å². The third kappa shape index (κ3) is 7.26. The number of imide groups is 1. The Kier molecular flexibility index (Phi) is 9.19. The number of hydrogen-bond acceptors (Lipinski definition) is 4. The molecular weight excluding hydrogens is 499 g/mol. The fourth-order valence-corrected chi connectivity index (χ4v) is 3.55. The van der Waals surface area contributed by atoms with Crippen molar-refractivity contribution in [2.75, 3.05) is 5.32 Å². The van der Waals surface area contributed by atoms with Gasteiger partial charge < -0.3 is 5.32 Å². The maximum absolute atomic E-state index is 13.7. The monoisotopic (exact) mass is 519 g/mol. The zero-order chi connectivity index (χ0) is 25.4. The minimum absolute atomic E-state index is 0.198. The lowest BCUT2D eigenvalue weighted by atomic mass is 10.1. The van der Waals surface area contributed by atoms with Gasteiger partial charge in [0.25, 0.3) is 5.91 Å². The zero-order valence-electron chi connectivity index (χ0n) is 18.5. The number of allylic oxidation sites excluding steroid dienone is 1. The van der Waals surface area contributed by atoms with E-state index in [1.807, 2.05) is 18.3 Å². The molecule has 3 amide bonds. The Balaban J connectivity index is 1.53. The van der Waals surface area contributed by atoms with Gasteiger partial charge in [0.05, 0.1) is 17.3 Å². The van der Waals surface area contributed by atoms with Gasteiger partial charge >= 0.3 is 6.03 Å². The Hall–Kier alpha value is -3.46. The maximum atomic E-state index is 13.7. The smallest absolute Gasteiger partial charge is 0.308 e. The van der Waals surface area contributed by atoms with Crippen LogP contribution in [0.5, 0.6) is 0 Å². The zero-order valence-corrected chi connectivity index (χ0v) is 20.0. The summed E-state index contributed by atoms with van der Waals surface area (Å²) in [6, 6.07) is 13.8. The first-order chi connectivity index (χ1) is 16.8. The molecule has 10 heteroatoms. The molecule has 3 N–H and O–H groups in total. The highest BCUT2D eigenvalue weighted by Crippen LogP contribution is 2.26. The Morgan fingerprint density at radius 3 is 2.31 bits per heavy atom. The molecule has 0 aromatic heterocycles. The molecule has 182 valence electrons. The van der Waals surface area contributed by atoms with Gasteiger partial charge in [0, 0.05) is 16.3 Å². The van der Waals surface area contributed by atoms with Crippen molar-refractivity contribution in [1.29, 1.82) is 0 Å². The number of hydrogen-bond donors (Lipinski definition) is 3. The van der Waals surface area contributed by atoms with Gasteiger partial charge in [-0.05, 0) is 54.4 Å². The molecule has 0 saturated heterocycles. The fraction of sp³-hybridized carbons (Fsp3) is 0.120. The van der Waals surface area contributed by atoms with E-state index >= 15 is 0 Å². The molecule has 0 radical (unpaired) electrons. The summed E-state index contributed by atoms with van der Waals surface area (Å²) in [5.74, 6) is -3.32. The summed E-state index contributed by atoms with van der Waals surface area (Å²) in [7, 11) is 0. The van der Waals surface area contributed by atoms with Crippen LogP contribution in [0.1, 0.15) is 34.8 Å². The second-order valence-electron chi connectivity index (χ2n) is 7.24. The summed E-state index contributed by atoms with van der Waals surface area (Å²) in [5, 5.41) is 5.33. The number of hydroxylamine groups is 1. The van der Waals surface area contributed by atoms with Crippen LogP contribution in [-0.2, 0) is 11.4 Å². The lowest BCUT2D eigenvalue weighted by Crippen LogP contribution is -2.35. The Morgan fingerprint density at radius 1 is 1.00 bits per heavy atom. The molecule has 0 unspecified atom stereocenters.